The number of hydrogen-bond donors (Lipinski definition) is 1. The summed E-state index contributed by atoms with van der Waals surface area (Å²) in [6.45, 7) is 11.1. The van der Waals surface area contributed by atoms with E-state index in [4.69, 9.17) is 0 Å². The maximum atomic E-state index is 12.8. The third-order valence-corrected chi connectivity index (χ3v) is 6.02. The standard InChI is InChI=1S/C23H32N6O/c1-17-7-8-18(2)20(15-17)26-23(30)29-13-11-28(12-14-29)22-16-21(24-19(3)25-22)27-9-5-4-6-10-27/h7-8,15-16H,4-6,9-14H2,1-3H3,(H,26,30). The van der Waals surface area contributed by atoms with Crippen molar-refractivity contribution in [2.24, 2.45) is 0 Å². The Morgan fingerprint density at radius 2 is 1.47 bits per heavy atom. The van der Waals surface area contributed by atoms with Gasteiger partial charge in [-0.25, -0.2) is 14.8 Å². The van der Waals surface area contributed by atoms with Crippen molar-refractivity contribution in [3.05, 3.63) is 41.2 Å². The van der Waals surface area contributed by atoms with Crippen LogP contribution in [0.15, 0.2) is 24.3 Å². The second-order valence-corrected chi connectivity index (χ2v) is 8.40. The molecule has 1 N–H and O–H groups in total. The fraction of sp³-hybridized carbons (Fsp3) is 0.522. The lowest BCUT2D eigenvalue weighted by atomic mass is 10.1. The van der Waals surface area contributed by atoms with Crippen molar-refractivity contribution >= 4 is 23.4 Å². The van der Waals surface area contributed by atoms with Gasteiger partial charge < -0.3 is 20.0 Å². The smallest absolute Gasteiger partial charge is 0.321 e. The Bertz CT molecular complexity index is 901. The zero-order valence-electron chi connectivity index (χ0n) is 18.3. The Morgan fingerprint density at radius 1 is 0.833 bits per heavy atom. The first-order valence-electron chi connectivity index (χ1n) is 11.0. The summed E-state index contributed by atoms with van der Waals surface area (Å²) >= 11 is 0. The van der Waals surface area contributed by atoms with E-state index in [0.29, 0.717) is 13.1 Å². The number of nitrogens with zero attached hydrogens (tertiary/aromatic N) is 5. The molecule has 2 aromatic rings. The fourth-order valence-corrected chi connectivity index (χ4v) is 4.19. The zero-order valence-corrected chi connectivity index (χ0v) is 18.3. The minimum atomic E-state index is -0.0313. The molecule has 0 unspecified atom stereocenters. The molecule has 160 valence electrons. The summed E-state index contributed by atoms with van der Waals surface area (Å²) in [6, 6.07) is 8.21. The lowest BCUT2D eigenvalue weighted by Gasteiger charge is -2.36. The van der Waals surface area contributed by atoms with E-state index < -0.39 is 0 Å². The van der Waals surface area contributed by atoms with Crippen molar-refractivity contribution < 1.29 is 4.79 Å². The Labute approximate surface area is 179 Å². The first-order valence-corrected chi connectivity index (χ1v) is 11.0. The minimum absolute atomic E-state index is 0.0313. The summed E-state index contributed by atoms with van der Waals surface area (Å²) in [6.07, 6.45) is 3.76. The second kappa shape index (κ2) is 8.90. The van der Waals surface area contributed by atoms with E-state index in [-0.39, 0.29) is 6.03 Å². The predicted octanol–water partition coefficient (Wildman–Crippen LogP) is 3.75. The number of amides is 2. The van der Waals surface area contributed by atoms with Gasteiger partial charge in [-0.05, 0) is 57.2 Å². The Morgan fingerprint density at radius 3 is 2.13 bits per heavy atom. The highest BCUT2D eigenvalue weighted by Crippen LogP contribution is 2.23. The Balaban J connectivity index is 1.39. The maximum Gasteiger partial charge on any atom is 0.321 e. The summed E-state index contributed by atoms with van der Waals surface area (Å²) < 4.78 is 0. The predicted molar refractivity (Wildman–Crippen MR) is 122 cm³/mol. The van der Waals surface area contributed by atoms with Crippen molar-refractivity contribution in [3.63, 3.8) is 0 Å². The van der Waals surface area contributed by atoms with Crippen LogP contribution >= 0.6 is 0 Å². The molecule has 0 bridgehead atoms. The average Bonchev–Trinajstić information content (AvgIpc) is 2.76. The quantitative estimate of drug-likeness (QED) is 0.838. The van der Waals surface area contributed by atoms with Gasteiger partial charge in [0.1, 0.15) is 17.5 Å². The summed E-state index contributed by atoms with van der Waals surface area (Å²) in [4.78, 5) is 28.6. The Hall–Kier alpha value is -2.83. The molecular weight excluding hydrogens is 376 g/mol. The molecule has 2 saturated heterocycles. The van der Waals surface area contributed by atoms with Gasteiger partial charge >= 0.3 is 6.03 Å². The zero-order chi connectivity index (χ0) is 21.1. The van der Waals surface area contributed by atoms with Crippen LogP contribution in [-0.2, 0) is 0 Å². The van der Waals surface area contributed by atoms with Crippen LogP contribution in [-0.4, -0.2) is 60.2 Å². The summed E-state index contributed by atoms with van der Waals surface area (Å²) in [5.74, 6) is 2.81. The van der Waals surface area contributed by atoms with Gasteiger partial charge in [0.25, 0.3) is 0 Å². The van der Waals surface area contributed by atoms with Gasteiger partial charge in [0.15, 0.2) is 0 Å². The number of hydrogen-bond acceptors (Lipinski definition) is 5. The second-order valence-electron chi connectivity index (χ2n) is 8.40. The van der Waals surface area contributed by atoms with E-state index in [9.17, 15) is 4.79 Å². The first kappa shape index (κ1) is 20.4. The highest BCUT2D eigenvalue weighted by atomic mass is 16.2. The molecule has 2 aliphatic rings. The van der Waals surface area contributed by atoms with Crippen LogP contribution in [0.5, 0.6) is 0 Å². The number of piperazine rings is 1. The van der Waals surface area contributed by atoms with Gasteiger partial charge in [-0.3, -0.25) is 0 Å². The lowest BCUT2D eigenvalue weighted by Crippen LogP contribution is -2.50. The molecule has 2 fully saturated rings. The SMILES string of the molecule is Cc1ccc(C)c(NC(=O)N2CCN(c3cc(N4CCCCC4)nc(C)n3)CC2)c1. The molecule has 2 aliphatic heterocycles. The van der Waals surface area contributed by atoms with Crippen LogP contribution in [0.2, 0.25) is 0 Å². The van der Waals surface area contributed by atoms with E-state index in [1.54, 1.807) is 0 Å². The van der Waals surface area contributed by atoms with Crippen molar-refractivity contribution in [2.75, 3.05) is 54.4 Å². The van der Waals surface area contributed by atoms with Crippen LogP contribution < -0.4 is 15.1 Å². The van der Waals surface area contributed by atoms with E-state index in [0.717, 1.165) is 60.5 Å². The van der Waals surface area contributed by atoms with Gasteiger partial charge in [-0.2, -0.15) is 0 Å². The summed E-state index contributed by atoms with van der Waals surface area (Å²) in [5, 5.41) is 3.07. The van der Waals surface area contributed by atoms with Crippen molar-refractivity contribution in [1.82, 2.24) is 14.9 Å². The number of nitrogens with one attached hydrogen (secondary N) is 1. The van der Waals surface area contributed by atoms with Gasteiger partial charge in [-0.15, -0.1) is 0 Å². The first-order chi connectivity index (χ1) is 14.5. The highest BCUT2D eigenvalue weighted by molar-refractivity contribution is 5.90. The number of rotatable bonds is 3. The van der Waals surface area contributed by atoms with E-state index in [2.05, 4.69) is 37.2 Å². The van der Waals surface area contributed by atoms with E-state index >= 15 is 0 Å². The van der Waals surface area contributed by atoms with Crippen LogP contribution in [0.4, 0.5) is 22.1 Å². The van der Waals surface area contributed by atoms with Crippen LogP contribution in [0.1, 0.15) is 36.2 Å². The number of aryl methyl sites for hydroxylation is 3. The molecular formula is C23H32N6O. The third-order valence-electron chi connectivity index (χ3n) is 6.02. The number of carbonyl (C=O) groups is 1. The highest BCUT2D eigenvalue weighted by Gasteiger charge is 2.24. The molecule has 0 atom stereocenters. The molecule has 0 spiro atoms. The van der Waals surface area contributed by atoms with Crippen LogP contribution in [0.3, 0.4) is 0 Å². The number of urea groups is 1. The lowest BCUT2D eigenvalue weighted by molar-refractivity contribution is 0.208. The van der Waals surface area contributed by atoms with Gasteiger partial charge in [-0.1, -0.05) is 12.1 Å². The third kappa shape index (κ3) is 4.66. The molecule has 30 heavy (non-hydrogen) atoms. The molecule has 0 aliphatic carbocycles. The minimum Gasteiger partial charge on any atom is -0.356 e. The van der Waals surface area contributed by atoms with Crippen LogP contribution in [0, 0.1) is 20.8 Å². The van der Waals surface area contributed by atoms with Crippen LogP contribution in [0.25, 0.3) is 0 Å². The van der Waals surface area contributed by atoms with Gasteiger partial charge in [0.05, 0.1) is 0 Å². The maximum absolute atomic E-state index is 12.8. The molecule has 2 amide bonds. The molecule has 1 aromatic carbocycles. The summed E-state index contributed by atoms with van der Waals surface area (Å²) in [5.41, 5.74) is 3.11. The number of carbonyl (C=O) groups excluding carboxylic acids is 1. The van der Waals surface area contributed by atoms with Gasteiger partial charge in [0.2, 0.25) is 0 Å². The molecule has 4 rings (SSSR count). The molecule has 3 heterocycles. The number of piperidine rings is 1. The van der Waals surface area contributed by atoms with Gasteiger partial charge in [0, 0.05) is 51.0 Å². The number of anilines is 3. The average molecular weight is 409 g/mol. The topological polar surface area (TPSA) is 64.6 Å². The number of aromatic nitrogens is 2. The van der Waals surface area contributed by atoms with Crippen molar-refractivity contribution in [3.8, 4) is 0 Å². The van der Waals surface area contributed by atoms with E-state index in [1.807, 2.05) is 37.8 Å². The Kier molecular flexibility index (Phi) is 6.06. The van der Waals surface area contributed by atoms with Crippen molar-refractivity contribution in [1.29, 1.82) is 0 Å². The largest absolute Gasteiger partial charge is 0.356 e. The molecule has 1 aromatic heterocycles. The monoisotopic (exact) mass is 408 g/mol. The van der Waals surface area contributed by atoms with Crippen molar-refractivity contribution in [2.45, 2.75) is 40.0 Å². The molecule has 0 saturated carbocycles. The molecule has 0 radical (unpaired) electrons. The fourth-order valence-electron chi connectivity index (χ4n) is 4.19. The van der Waals surface area contributed by atoms with E-state index in [1.165, 1.54) is 19.3 Å². The molecule has 7 nitrogen and oxygen atoms in total. The molecule has 7 heteroatoms. The number of benzene rings is 1. The summed E-state index contributed by atoms with van der Waals surface area (Å²) in [7, 11) is 0. The normalized spacial score (nSPS) is 17.2.